The Bertz CT molecular complexity index is 541. The summed E-state index contributed by atoms with van der Waals surface area (Å²) in [6, 6.07) is 19.6. The Morgan fingerprint density at radius 3 is 2.17 bits per heavy atom. The molecule has 0 bridgehead atoms. The molecule has 90 valence electrons. The Morgan fingerprint density at radius 1 is 0.889 bits per heavy atom. The minimum Gasteiger partial charge on any atom is -0.285 e. The van der Waals surface area contributed by atoms with Crippen LogP contribution >= 0.6 is 0 Å². The van der Waals surface area contributed by atoms with Crippen molar-refractivity contribution >= 4 is 12.0 Å². The summed E-state index contributed by atoms with van der Waals surface area (Å²) in [5.74, 6) is 0. The standard InChI is InChI=1S/C14H13N3O/c18-16-11-15-17(13-9-5-2-6-10-13)14(16)12-7-3-1-4-8-12/h1-11,14,18H. The summed E-state index contributed by atoms with van der Waals surface area (Å²) in [7, 11) is 0. The summed E-state index contributed by atoms with van der Waals surface area (Å²) in [6.07, 6.45) is 1.11. The molecular formula is C14H13N3O. The maximum absolute atomic E-state index is 9.92. The van der Waals surface area contributed by atoms with E-state index in [4.69, 9.17) is 0 Å². The maximum Gasteiger partial charge on any atom is 0.174 e. The third-order valence-corrected chi connectivity index (χ3v) is 2.90. The Labute approximate surface area is 105 Å². The van der Waals surface area contributed by atoms with Crippen LogP contribution in [0.4, 0.5) is 5.69 Å². The lowest BCUT2D eigenvalue weighted by molar-refractivity contribution is -0.0396. The van der Waals surface area contributed by atoms with Gasteiger partial charge in [-0.15, -0.1) is 0 Å². The number of hydrazone groups is 1. The van der Waals surface area contributed by atoms with Crippen LogP contribution in [-0.2, 0) is 0 Å². The minimum atomic E-state index is -0.311. The van der Waals surface area contributed by atoms with Gasteiger partial charge >= 0.3 is 0 Å². The average molecular weight is 239 g/mol. The number of para-hydroxylation sites is 1. The molecular weight excluding hydrogens is 226 g/mol. The fraction of sp³-hybridized carbons (Fsp3) is 0.0714. The van der Waals surface area contributed by atoms with Gasteiger partial charge in [-0.25, -0.2) is 10.1 Å². The quantitative estimate of drug-likeness (QED) is 0.875. The lowest BCUT2D eigenvalue weighted by Crippen LogP contribution is -2.29. The predicted octanol–water partition coefficient (Wildman–Crippen LogP) is 2.84. The second-order valence-corrected chi connectivity index (χ2v) is 4.08. The SMILES string of the molecule is ON1C=NN(c2ccccc2)C1c1ccccc1. The van der Waals surface area contributed by atoms with Crippen LogP contribution < -0.4 is 5.01 Å². The molecule has 0 amide bonds. The van der Waals surface area contributed by atoms with Crippen molar-refractivity contribution in [3.8, 4) is 0 Å². The zero-order valence-electron chi connectivity index (χ0n) is 9.72. The lowest BCUT2D eigenvalue weighted by atomic mass is 10.1. The van der Waals surface area contributed by atoms with Crippen LogP contribution in [0.15, 0.2) is 65.8 Å². The maximum atomic E-state index is 9.92. The molecule has 1 aliphatic heterocycles. The Hall–Kier alpha value is -2.33. The van der Waals surface area contributed by atoms with Crippen molar-refractivity contribution in [3.63, 3.8) is 0 Å². The number of hydrogen-bond acceptors (Lipinski definition) is 4. The molecule has 18 heavy (non-hydrogen) atoms. The van der Waals surface area contributed by atoms with E-state index in [1.807, 2.05) is 60.7 Å². The fourth-order valence-corrected chi connectivity index (χ4v) is 2.05. The van der Waals surface area contributed by atoms with Crippen molar-refractivity contribution in [2.75, 3.05) is 5.01 Å². The lowest BCUT2D eigenvalue weighted by Gasteiger charge is -2.26. The number of hydroxylamine groups is 2. The van der Waals surface area contributed by atoms with Crippen molar-refractivity contribution in [2.45, 2.75) is 6.17 Å². The van der Waals surface area contributed by atoms with Crippen LogP contribution in [0, 0.1) is 0 Å². The fourth-order valence-electron chi connectivity index (χ4n) is 2.05. The first kappa shape index (κ1) is 10.8. The molecule has 0 aromatic heterocycles. The first-order valence-corrected chi connectivity index (χ1v) is 5.77. The van der Waals surface area contributed by atoms with Gasteiger partial charge in [0.25, 0.3) is 0 Å². The highest BCUT2D eigenvalue weighted by molar-refractivity contribution is 5.64. The van der Waals surface area contributed by atoms with E-state index >= 15 is 0 Å². The van der Waals surface area contributed by atoms with Gasteiger partial charge in [0.05, 0.1) is 5.69 Å². The van der Waals surface area contributed by atoms with Gasteiger partial charge in [-0.3, -0.25) is 5.21 Å². The van der Waals surface area contributed by atoms with E-state index in [1.165, 1.54) is 6.34 Å². The van der Waals surface area contributed by atoms with Crippen molar-refractivity contribution in [1.82, 2.24) is 5.06 Å². The Kier molecular flexibility index (Phi) is 2.70. The average Bonchev–Trinajstić information content (AvgIpc) is 2.83. The normalized spacial score (nSPS) is 18.4. The molecule has 0 aliphatic carbocycles. The monoisotopic (exact) mass is 239 g/mol. The van der Waals surface area contributed by atoms with E-state index in [0.717, 1.165) is 16.3 Å². The van der Waals surface area contributed by atoms with E-state index in [0.29, 0.717) is 0 Å². The molecule has 1 unspecified atom stereocenters. The molecule has 1 N–H and O–H groups in total. The number of hydrogen-bond donors (Lipinski definition) is 1. The van der Waals surface area contributed by atoms with Crippen LogP contribution in [0.5, 0.6) is 0 Å². The number of anilines is 1. The Morgan fingerprint density at radius 2 is 1.50 bits per heavy atom. The zero-order chi connectivity index (χ0) is 12.4. The molecule has 2 aromatic carbocycles. The van der Waals surface area contributed by atoms with E-state index < -0.39 is 0 Å². The summed E-state index contributed by atoms with van der Waals surface area (Å²) in [5, 5.41) is 17.0. The van der Waals surface area contributed by atoms with E-state index in [2.05, 4.69) is 5.10 Å². The summed E-state index contributed by atoms with van der Waals surface area (Å²) in [4.78, 5) is 0. The van der Waals surface area contributed by atoms with Crippen molar-refractivity contribution in [3.05, 3.63) is 66.2 Å². The van der Waals surface area contributed by atoms with Crippen molar-refractivity contribution in [2.24, 2.45) is 5.10 Å². The molecule has 1 heterocycles. The molecule has 0 radical (unpaired) electrons. The molecule has 0 fully saturated rings. The summed E-state index contributed by atoms with van der Waals surface area (Å²) < 4.78 is 0. The molecule has 4 heteroatoms. The third kappa shape index (κ3) is 1.83. The summed E-state index contributed by atoms with van der Waals surface area (Å²) in [6.45, 7) is 0. The first-order chi connectivity index (χ1) is 8.86. The number of benzene rings is 2. The first-order valence-electron chi connectivity index (χ1n) is 5.77. The topological polar surface area (TPSA) is 39.1 Å². The molecule has 4 nitrogen and oxygen atoms in total. The van der Waals surface area contributed by atoms with E-state index in [-0.39, 0.29) is 6.17 Å². The smallest absolute Gasteiger partial charge is 0.174 e. The second-order valence-electron chi connectivity index (χ2n) is 4.08. The summed E-state index contributed by atoms with van der Waals surface area (Å²) in [5.41, 5.74) is 1.93. The number of rotatable bonds is 2. The van der Waals surface area contributed by atoms with E-state index in [9.17, 15) is 5.21 Å². The Balaban J connectivity index is 1.98. The highest BCUT2D eigenvalue weighted by Crippen LogP contribution is 2.31. The van der Waals surface area contributed by atoms with Crippen LogP contribution in [0.25, 0.3) is 0 Å². The minimum absolute atomic E-state index is 0.311. The number of nitrogens with zero attached hydrogens (tertiary/aromatic N) is 3. The van der Waals surface area contributed by atoms with E-state index in [1.54, 1.807) is 5.01 Å². The van der Waals surface area contributed by atoms with Crippen LogP contribution in [0.2, 0.25) is 0 Å². The predicted molar refractivity (Wildman–Crippen MR) is 70.2 cm³/mol. The molecule has 1 atom stereocenters. The largest absolute Gasteiger partial charge is 0.285 e. The summed E-state index contributed by atoms with van der Waals surface area (Å²) >= 11 is 0. The van der Waals surface area contributed by atoms with Gasteiger partial charge in [-0.2, -0.15) is 5.10 Å². The molecule has 3 rings (SSSR count). The van der Waals surface area contributed by atoms with Crippen LogP contribution in [0.1, 0.15) is 11.7 Å². The van der Waals surface area contributed by atoms with Gasteiger partial charge in [0.15, 0.2) is 6.17 Å². The van der Waals surface area contributed by atoms with Gasteiger partial charge in [-0.05, 0) is 17.7 Å². The molecule has 0 spiro atoms. The van der Waals surface area contributed by atoms with Crippen LogP contribution in [-0.4, -0.2) is 16.6 Å². The second kappa shape index (κ2) is 4.50. The molecule has 2 aromatic rings. The molecule has 0 saturated heterocycles. The van der Waals surface area contributed by atoms with Crippen molar-refractivity contribution in [1.29, 1.82) is 0 Å². The third-order valence-electron chi connectivity index (χ3n) is 2.90. The van der Waals surface area contributed by atoms with Gasteiger partial charge in [0, 0.05) is 0 Å². The van der Waals surface area contributed by atoms with Gasteiger partial charge < -0.3 is 0 Å². The highest BCUT2D eigenvalue weighted by Gasteiger charge is 2.29. The molecule has 0 saturated carbocycles. The van der Waals surface area contributed by atoms with Gasteiger partial charge in [0.1, 0.15) is 6.34 Å². The van der Waals surface area contributed by atoms with Crippen molar-refractivity contribution < 1.29 is 5.21 Å². The zero-order valence-corrected chi connectivity index (χ0v) is 9.72. The van der Waals surface area contributed by atoms with Gasteiger partial charge in [0.2, 0.25) is 0 Å². The highest BCUT2D eigenvalue weighted by atomic mass is 16.5. The molecule has 1 aliphatic rings. The van der Waals surface area contributed by atoms with Crippen LogP contribution in [0.3, 0.4) is 0 Å². The van der Waals surface area contributed by atoms with Gasteiger partial charge in [-0.1, -0.05) is 48.5 Å².